The van der Waals surface area contributed by atoms with Crippen LogP contribution in [0.4, 0.5) is 4.39 Å². The van der Waals surface area contributed by atoms with Crippen LogP contribution in [0.3, 0.4) is 0 Å². The van der Waals surface area contributed by atoms with Crippen molar-refractivity contribution in [3.63, 3.8) is 0 Å². The van der Waals surface area contributed by atoms with Gasteiger partial charge in [0.15, 0.2) is 0 Å². The van der Waals surface area contributed by atoms with E-state index in [1.165, 1.54) is 18.2 Å². The number of carbonyl (C=O) groups excluding carboxylic acids is 1. The number of benzene rings is 3. The van der Waals surface area contributed by atoms with E-state index in [1.807, 2.05) is 12.1 Å². The summed E-state index contributed by atoms with van der Waals surface area (Å²) in [6.07, 6.45) is 1.71. The number of allylic oxidation sites excluding steroid dienone is 1. The first-order valence-corrected chi connectivity index (χ1v) is 8.44. The number of hydrogen-bond acceptors (Lipinski definition) is 4. The third-order valence-electron chi connectivity index (χ3n) is 4.01. The average Bonchev–Trinajstić information content (AvgIpc) is 2.73. The zero-order chi connectivity index (χ0) is 19.9. The van der Waals surface area contributed by atoms with Crippen molar-refractivity contribution >= 4 is 17.6 Å². The quantitative estimate of drug-likeness (QED) is 0.270. The number of para-hydroxylation sites is 1. The van der Waals surface area contributed by atoms with Crippen molar-refractivity contribution in [1.29, 1.82) is 5.26 Å². The molecule has 0 fully saturated rings. The molecule has 0 radical (unpaired) electrons. The molecule has 0 bridgehead atoms. The molecule has 0 aliphatic rings. The van der Waals surface area contributed by atoms with Crippen LogP contribution in [0.15, 0.2) is 72.8 Å². The minimum atomic E-state index is -0.770. The monoisotopic (exact) mass is 373 g/mol. The van der Waals surface area contributed by atoms with E-state index in [2.05, 4.69) is 6.07 Å². The second-order valence-electron chi connectivity index (χ2n) is 5.81. The van der Waals surface area contributed by atoms with E-state index in [0.717, 1.165) is 5.56 Å². The number of hydrogen-bond donors (Lipinski definition) is 0. The number of methoxy groups -OCH3 is 1. The van der Waals surface area contributed by atoms with E-state index in [9.17, 15) is 14.4 Å². The van der Waals surface area contributed by atoms with Crippen LogP contribution in [0.2, 0.25) is 0 Å². The van der Waals surface area contributed by atoms with Gasteiger partial charge in [0.25, 0.3) is 0 Å². The molecule has 0 spiro atoms. The van der Waals surface area contributed by atoms with Crippen molar-refractivity contribution in [2.45, 2.75) is 0 Å². The van der Waals surface area contributed by atoms with Gasteiger partial charge in [-0.2, -0.15) is 5.26 Å². The third-order valence-corrected chi connectivity index (χ3v) is 4.01. The standard InChI is InChI=1S/C23H16FNO3/c1-27-22-9-5-3-6-19(22)17(15-25)14-16-10-12-18(13-11-16)28-23(26)20-7-2-4-8-21(20)24/h2-14H,1H3/b17-14-. The SMILES string of the molecule is COc1ccccc1/C(C#N)=C\c1ccc(OC(=O)c2ccccc2F)cc1. The molecule has 0 amide bonds. The van der Waals surface area contributed by atoms with Crippen molar-refractivity contribution in [1.82, 2.24) is 0 Å². The number of carbonyl (C=O) groups is 1. The summed E-state index contributed by atoms with van der Waals surface area (Å²) in [5, 5.41) is 9.51. The lowest BCUT2D eigenvalue weighted by Crippen LogP contribution is -2.10. The lowest BCUT2D eigenvalue weighted by molar-refractivity contribution is 0.0730. The Balaban J connectivity index is 1.80. The molecule has 0 heterocycles. The number of esters is 1. The summed E-state index contributed by atoms with van der Waals surface area (Å²) >= 11 is 0. The Morgan fingerprint density at radius 1 is 0.964 bits per heavy atom. The summed E-state index contributed by atoms with van der Waals surface area (Å²) in [6.45, 7) is 0. The van der Waals surface area contributed by atoms with E-state index < -0.39 is 11.8 Å². The summed E-state index contributed by atoms with van der Waals surface area (Å²) in [7, 11) is 1.55. The van der Waals surface area contributed by atoms with Crippen LogP contribution in [0.5, 0.6) is 11.5 Å². The van der Waals surface area contributed by atoms with Crippen LogP contribution in [-0.4, -0.2) is 13.1 Å². The molecule has 0 aliphatic heterocycles. The molecule has 3 rings (SSSR count). The van der Waals surface area contributed by atoms with Crippen molar-refractivity contribution in [3.05, 3.63) is 95.3 Å². The Morgan fingerprint density at radius 3 is 2.25 bits per heavy atom. The highest BCUT2D eigenvalue weighted by molar-refractivity contribution is 5.92. The zero-order valence-corrected chi connectivity index (χ0v) is 15.1. The summed E-state index contributed by atoms with van der Waals surface area (Å²) in [5.74, 6) is -0.525. The van der Waals surface area contributed by atoms with Gasteiger partial charge in [-0.15, -0.1) is 0 Å². The van der Waals surface area contributed by atoms with Crippen LogP contribution in [0.1, 0.15) is 21.5 Å². The molecule has 3 aromatic rings. The first-order chi connectivity index (χ1) is 13.6. The summed E-state index contributed by atoms with van der Waals surface area (Å²) in [5.41, 5.74) is 1.73. The van der Waals surface area contributed by atoms with Gasteiger partial charge in [0.1, 0.15) is 17.3 Å². The maximum Gasteiger partial charge on any atom is 0.346 e. The Labute approximate surface area is 162 Å². The Bertz CT molecular complexity index is 1070. The van der Waals surface area contributed by atoms with Gasteiger partial charge >= 0.3 is 5.97 Å². The maximum absolute atomic E-state index is 13.7. The van der Waals surface area contributed by atoms with Gasteiger partial charge in [0, 0.05) is 5.56 Å². The van der Waals surface area contributed by atoms with Crippen LogP contribution in [0, 0.1) is 17.1 Å². The van der Waals surface area contributed by atoms with Crippen molar-refractivity contribution in [3.8, 4) is 17.6 Å². The summed E-state index contributed by atoms with van der Waals surface area (Å²) in [6, 6.07) is 21.6. The van der Waals surface area contributed by atoms with Crippen LogP contribution in [-0.2, 0) is 0 Å². The molecule has 5 heteroatoms. The van der Waals surface area contributed by atoms with E-state index in [1.54, 1.807) is 55.7 Å². The van der Waals surface area contributed by atoms with Gasteiger partial charge in [-0.1, -0.05) is 36.4 Å². The molecule has 0 saturated carbocycles. The molecule has 3 aromatic carbocycles. The van der Waals surface area contributed by atoms with E-state index in [-0.39, 0.29) is 11.3 Å². The van der Waals surface area contributed by atoms with Crippen molar-refractivity contribution in [2.75, 3.05) is 7.11 Å². The second kappa shape index (κ2) is 8.65. The minimum absolute atomic E-state index is 0.130. The number of halogens is 1. The molecule has 0 aromatic heterocycles. The molecule has 0 atom stereocenters. The molecular weight excluding hydrogens is 357 g/mol. The third kappa shape index (κ3) is 4.25. The molecular formula is C23H16FNO3. The second-order valence-corrected chi connectivity index (χ2v) is 5.81. The van der Waals surface area contributed by atoms with E-state index in [4.69, 9.17) is 9.47 Å². The smallest absolute Gasteiger partial charge is 0.346 e. The van der Waals surface area contributed by atoms with Gasteiger partial charge in [0.2, 0.25) is 0 Å². The average molecular weight is 373 g/mol. The first-order valence-electron chi connectivity index (χ1n) is 8.44. The Kier molecular flexibility index (Phi) is 5.83. The van der Waals surface area contributed by atoms with E-state index >= 15 is 0 Å². The molecule has 4 nitrogen and oxygen atoms in total. The van der Waals surface area contributed by atoms with Gasteiger partial charge < -0.3 is 9.47 Å². The van der Waals surface area contributed by atoms with Crippen LogP contribution < -0.4 is 9.47 Å². The van der Waals surface area contributed by atoms with Gasteiger partial charge in [-0.05, 0) is 48.0 Å². The molecule has 0 N–H and O–H groups in total. The lowest BCUT2D eigenvalue weighted by Gasteiger charge is -2.07. The predicted molar refractivity (Wildman–Crippen MR) is 104 cm³/mol. The number of rotatable bonds is 5. The zero-order valence-electron chi connectivity index (χ0n) is 15.1. The highest BCUT2D eigenvalue weighted by Crippen LogP contribution is 2.27. The van der Waals surface area contributed by atoms with Crippen molar-refractivity contribution < 1.29 is 18.7 Å². The van der Waals surface area contributed by atoms with Gasteiger partial charge in [0.05, 0.1) is 24.3 Å². The highest BCUT2D eigenvalue weighted by atomic mass is 19.1. The summed E-state index contributed by atoms with van der Waals surface area (Å²) < 4.78 is 24.2. The molecule has 0 unspecified atom stereocenters. The van der Waals surface area contributed by atoms with Crippen molar-refractivity contribution in [2.24, 2.45) is 0 Å². The van der Waals surface area contributed by atoms with Gasteiger partial charge in [-0.25, -0.2) is 9.18 Å². The molecule has 0 saturated heterocycles. The largest absolute Gasteiger partial charge is 0.496 e. The fraction of sp³-hybridized carbons (Fsp3) is 0.0435. The normalized spacial score (nSPS) is 10.8. The Hall–Kier alpha value is -3.91. The molecule has 138 valence electrons. The predicted octanol–water partition coefficient (Wildman–Crippen LogP) is 5.12. The summed E-state index contributed by atoms with van der Waals surface area (Å²) in [4.78, 5) is 12.1. The molecule has 28 heavy (non-hydrogen) atoms. The number of nitrogens with zero attached hydrogens (tertiary/aromatic N) is 1. The fourth-order valence-corrected chi connectivity index (χ4v) is 2.62. The number of nitriles is 1. The highest BCUT2D eigenvalue weighted by Gasteiger charge is 2.13. The lowest BCUT2D eigenvalue weighted by atomic mass is 10.0. The molecule has 0 aliphatic carbocycles. The van der Waals surface area contributed by atoms with Gasteiger partial charge in [-0.3, -0.25) is 0 Å². The fourth-order valence-electron chi connectivity index (χ4n) is 2.62. The minimum Gasteiger partial charge on any atom is -0.496 e. The topological polar surface area (TPSA) is 59.3 Å². The maximum atomic E-state index is 13.7. The Morgan fingerprint density at radius 2 is 1.61 bits per heavy atom. The van der Waals surface area contributed by atoms with Crippen LogP contribution >= 0.6 is 0 Å². The first kappa shape index (κ1) is 18.9. The van der Waals surface area contributed by atoms with E-state index in [0.29, 0.717) is 16.9 Å². The number of ether oxygens (including phenoxy) is 2. The van der Waals surface area contributed by atoms with Crippen LogP contribution in [0.25, 0.3) is 11.6 Å².